The quantitative estimate of drug-likeness (QED) is 0.344. The van der Waals surface area contributed by atoms with Crippen LogP contribution in [0.5, 0.6) is 0 Å². The number of benzene rings is 2. The summed E-state index contributed by atoms with van der Waals surface area (Å²) in [4.78, 5) is 30.3. The number of nitrogens with zero attached hydrogens (tertiary/aromatic N) is 1. The number of Topliss-reactive ketones (excluding diaryl/α,β-unsaturated/α-hetero) is 1. The zero-order chi connectivity index (χ0) is 28.4. The zero-order valence-electron chi connectivity index (χ0n) is 21.8. The minimum atomic E-state index is -0.685. The number of carbonyl (C=O) groups is 2. The van der Waals surface area contributed by atoms with Crippen LogP contribution >= 0.6 is 46.4 Å². The average Bonchev–Trinajstić information content (AvgIpc) is 3.13. The Labute approximate surface area is 255 Å². The lowest BCUT2D eigenvalue weighted by Gasteiger charge is -2.44. The van der Waals surface area contributed by atoms with Crippen molar-refractivity contribution < 1.29 is 9.59 Å². The molecule has 0 aromatic heterocycles. The number of carbonyl (C=O) groups excluding carboxylic acids is 2. The van der Waals surface area contributed by atoms with Gasteiger partial charge >= 0.3 is 0 Å². The van der Waals surface area contributed by atoms with E-state index in [9.17, 15) is 9.59 Å². The second kappa shape index (κ2) is 12.7. The minimum absolute atomic E-state index is 0.0907. The summed E-state index contributed by atoms with van der Waals surface area (Å²) < 4.78 is 0. The summed E-state index contributed by atoms with van der Waals surface area (Å²) in [6.07, 6.45) is 16.4. The van der Waals surface area contributed by atoms with Crippen LogP contribution in [0.15, 0.2) is 71.8 Å². The molecule has 2 fully saturated rings. The van der Waals surface area contributed by atoms with Gasteiger partial charge in [-0.2, -0.15) is 0 Å². The van der Waals surface area contributed by atoms with Crippen LogP contribution in [0.4, 0.5) is 0 Å². The number of hydrogen-bond acceptors (Lipinski definition) is 3. The normalized spacial score (nSPS) is 25.4. The van der Waals surface area contributed by atoms with E-state index in [1.54, 1.807) is 24.3 Å². The van der Waals surface area contributed by atoms with Crippen LogP contribution in [0, 0.1) is 5.92 Å². The number of piperidine rings is 1. The molecule has 8 heteroatoms. The van der Waals surface area contributed by atoms with Gasteiger partial charge in [0.1, 0.15) is 0 Å². The molecule has 2 saturated heterocycles. The summed E-state index contributed by atoms with van der Waals surface area (Å²) >= 11 is 24.9. The van der Waals surface area contributed by atoms with Crippen molar-refractivity contribution in [1.29, 1.82) is 0 Å². The molecule has 4 atom stereocenters. The molecule has 3 aliphatic rings. The number of allylic oxidation sites excluding steroid dienone is 4. The summed E-state index contributed by atoms with van der Waals surface area (Å²) in [5.74, 6) is -0.0192. The van der Waals surface area contributed by atoms with E-state index in [4.69, 9.17) is 52.1 Å². The summed E-state index contributed by atoms with van der Waals surface area (Å²) in [7, 11) is 0. The summed E-state index contributed by atoms with van der Waals surface area (Å²) in [6, 6.07) is 9.05. The van der Waals surface area contributed by atoms with Crippen molar-refractivity contribution in [3.63, 3.8) is 0 Å². The first-order valence-electron chi connectivity index (χ1n) is 13.5. The van der Waals surface area contributed by atoms with Gasteiger partial charge in [0.15, 0.2) is 5.78 Å². The highest BCUT2D eigenvalue weighted by Gasteiger charge is 2.46. The van der Waals surface area contributed by atoms with Crippen LogP contribution in [-0.4, -0.2) is 34.7 Å². The van der Waals surface area contributed by atoms with E-state index >= 15 is 0 Å². The number of fused-ring (bicyclic) bond motifs is 2. The van der Waals surface area contributed by atoms with Gasteiger partial charge in [0.2, 0.25) is 5.91 Å². The van der Waals surface area contributed by atoms with E-state index in [0.29, 0.717) is 50.5 Å². The Hall–Kier alpha value is -2.34. The van der Waals surface area contributed by atoms with Gasteiger partial charge < -0.3 is 10.6 Å². The van der Waals surface area contributed by atoms with Gasteiger partial charge in [-0.15, -0.1) is 0 Å². The molecular weight excluding hydrogens is 586 g/mol. The van der Waals surface area contributed by atoms with E-state index in [0.717, 1.165) is 30.4 Å². The Morgan fingerprint density at radius 1 is 0.875 bits per heavy atom. The van der Waals surface area contributed by atoms with E-state index in [1.165, 1.54) is 0 Å². The molecule has 208 valence electrons. The molecule has 2 aromatic rings. The Morgan fingerprint density at radius 3 is 1.90 bits per heavy atom. The highest BCUT2D eigenvalue weighted by atomic mass is 35.5. The SMILES string of the molecule is NC(CC1C=CC=CC1)C(=O)N1C2CCCCC1C(=Cc1ccc(Cl)c(Cl)c1)C(=O)C2=Cc1ccc(Cl)c(Cl)c1. The van der Waals surface area contributed by atoms with E-state index in [-0.39, 0.29) is 29.7 Å². The molecule has 2 aliphatic heterocycles. The fourth-order valence-electron chi connectivity index (χ4n) is 5.87. The van der Waals surface area contributed by atoms with Gasteiger partial charge in [0, 0.05) is 11.1 Å². The maximum atomic E-state index is 14.2. The molecule has 1 amide bonds. The summed E-state index contributed by atoms with van der Waals surface area (Å²) in [6.45, 7) is 0. The van der Waals surface area contributed by atoms with Gasteiger partial charge in [-0.05, 0) is 79.1 Å². The lowest BCUT2D eigenvalue weighted by atomic mass is 9.81. The number of nitrogens with two attached hydrogens (primary N) is 1. The monoisotopic (exact) mass is 614 g/mol. The standard InChI is InChI=1S/C32H30Cl4N2O2/c33-24-12-10-20(16-26(24)35)14-22-29-8-4-5-9-30(23(31(22)39)15-21-11-13-25(34)27(36)17-21)38(29)32(40)28(37)18-19-6-2-1-3-7-19/h1-3,6,10-17,19,28-30H,4-5,7-9,18,37H2. The Balaban J connectivity index is 1.60. The Morgan fingerprint density at radius 2 is 1.43 bits per heavy atom. The lowest BCUT2D eigenvalue weighted by Crippen LogP contribution is -2.58. The Bertz CT molecular complexity index is 1360. The van der Waals surface area contributed by atoms with Crippen molar-refractivity contribution in [3.8, 4) is 0 Å². The highest BCUT2D eigenvalue weighted by molar-refractivity contribution is 6.42. The molecule has 4 nitrogen and oxygen atoms in total. The molecule has 40 heavy (non-hydrogen) atoms. The number of rotatable bonds is 5. The van der Waals surface area contributed by atoms with Gasteiger partial charge in [-0.25, -0.2) is 0 Å². The molecule has 2 bridgehead atoms. The molecule has 5 rings (SSSR count). The Kier molecular flexibility index (Phi) is 9.24. The molecule has 2 N–H and O–H groups in total. The van der Waals surface area contributed by atoms with Crippen molar-refractivity contribution in [2.75, 3.05) is 0 Å². The van der Waals surface area contributed by atoms with Crippen molar-refractivity contribution in [2.45, 2.75) is 56.7 Å². The van der Waals surface area contributed by atoms with Crippen molar-refractivity contribution in [1.82, 2.24) is 4.90 Å². The second-order valence-electron chi connectivity index (χ2n) is 10.6. The van der Waals surface area contributed by atoms with E-state index < -0.39 is 6.04 Å². The minimum Gasteiger partial charge on any atom is -0.327 e. The topological polar surface area (TPSA) is 63.4 Å². The third-order valence-electron chi connectivity index (χ3n) is 7.85. The van der Waals surface area contributed by atoms with Gasteiger partial charge in [-0.3, -0.25) is 9.59 Å². The molecular formula is C32H30Cl4N2O2. The molecule has 4 unspecified atom stereocenters. The number of hydrogen-bond donors (Lipinski definition) is 1. The number of ketones is 1. The predicted octanol–water partition coefficient (Wildman–Crippen LogP) is 8.34. The van der Waals surface area contributed by atoms with Gasteiger partial charge in [-0.1, -0.05) is 95.7 Å². The summed E-state index contributed by atoms with van der Waals surface area (Å²) in [5, 5.41) is 1.66. The maximum Gasteiger partial charge on any atom is 0.240 e. The molecule has 2 aromatic carbocycles. The molecule has 0 spiro atoms. The van der Waals surface area contributed by atoms with Crippen molar-refractivity contribution in [3.05, 3.63) is 103 Å². The zero-order valence-corrected chi connectivity index (χ0v) is 24.9. The third-order valence-corrected chi connectivity index (χ3v) is 9.33. The maximum absolute atomic E-state index is 14.2. The van der Waals surface area contributed by atoms with Gasteiger partial charge in [0.05, 0.1) is 38.2 Å². The number of amides is 1. The fraction of sp³-hybridized carbons (Fsp3) is 0.312. The molecule has 1 aliphatic carbocycles. The first kappa shape index (κ1) is 29.2. The van der Waals surface area contributed by atoms with Crippen LogP contribution in [0.3, 0.4) is 0 Å². The van der Waals surface area contributed by atoms with Crippen molar-refractivity contribution >= 4 is 70.2 Å². The fourth-order valence-corrected chi connectivity index (χ4v) is 6.48. The van der Waals surface area contributed by atoms with Crippen LogP contribution in [0.25, 0.3) is 12.2 Å². The van der Waals surface area contributed by atoms with Gasteiger partial charge in [0.25, 0.3) is 0 Å². The van der Waals surface area contributed by atoms with E-state index in [1.807, 2.05) is 41.3 Å². The van der Waals surface area contributed by atoms with Crippen LogP contribution in [0.1, 0.15) is 49.7 Å². The average molecular weight is 616 g/mol. The predicted molar refractivity (Wildman–Crippen MR) is 166 cm³/mol. The van der Waals surface area contributed by atoms with Crippen LogP contribution in [0.2, 0.25) is 20.1 Å². The molecule has 2 heterocycles. The van der Waals surface area contributed by atoms with Crippen LogP contribution < -0.4 is 5.73 Å². The second-order valence-corrected chi connectivity index (χ2v) is 12.2. The molecule has 0 radical (unpaired) electrons. The first-order chi connectivity index (χ1) is 19.2. The summed E-state index contributed by atoms with van der Waals surface area (Å²) in [5.41, 5.74) is 9.17. The van der Waals surface area contributed by atoms with E-state index in [2.05, 4.69) is 12.2 Å². The van der Waals surface area contributed by atoms with Crippen molar-refractivity contribution in [2.24, 2.45) is 11.7 Å². The largest absolute Gasteiger partial charge is 0.327 e. The lowest BCUT2D eigenvalue weighted by molar-refractivity contribution is -0.138. The van der Waals surface area contributed by atoms with Crippen LogP contribution in [-0.2, 0) is 9.59 Å². The first-order valence-corrected chi connectivity index (χ1v) is 15.0. The third kappa shape index (κ3) is 6.27. The smallest absolute Gasteiger partial charge is 0.240 e. The number of halogens is 4. The molecule has 0 saturated carbocycles. The highest BCUT2D eigenvalue weighted by Crippen LogP contribution is 2.40.